The summed E-state index contributed by atoms with van der Waals surface area (Å²) in [4.78, 5) is 10.5. The van der Waals surface area contributed by atoms with Gasteiger partial charge in [0, 0.05) is 17.0 Å². The number of hydrogen-bond donors (Lipinski definition) is 3. The van der Waals surface area contributed by atoms with Gasteiger partial charge >= 0.3 is 5.97 Å². The van der Waals surface area contributed by atoms with Gasteiger partial charge in [0.1, 0.15) is 12.4 Å². The Hall–Kier alpha value is -1.79. The standard InChI is InChI=1S/C18H18Cl2O5/c19-12-6-15(11-4-2-1-3-5-11)18(16(20)7-12)25-10-14(22)8-13(21)9-17(23)24/h1-7,13-14,21-22H,8-10H2,(H,23,24)/t13-,14+/m1/s1. The molecule has 0 saturated carbocycles. The monoisotopic (exact) mass is 384 g/mol. The molecule has 0 spiro atoms. The Labute approximate surface area is 155 Å². The van der Waals surface area contributed by atoms with Crippen LogP contribution in [0.5, 0.6) is 5.75 Å². The van der Waals surface area contributed by atoms with E-state index < -0.39 is 24.6 Å². The molecule has 0 bridgehead atoms. The van der Waals surface area contributed by atoms with E-state index >= 15 is 0 Å². The zero-order valence-corrected chi connectivity index (χ0v) is 14.7. The SMILES string of the molecule is O=C(O)C[C@H](O)C[C@H](O)COc1c(Cl)cc(Cl)cc1-c1ccccc1. The summed E-state index contributed by atoms with van der Waals surface area (Å²) >= 11 is 12.3. The minimum Gasteiger partial charge on any atom is -0.489 e. The number of aliphatic hydroxyl groups is 2. The number of aliphatic carboxylic acids is 1. The fourth-order valence-electron chi connectivity index (χ4n) is 2.39. The van der Waals surface area contributed by atoms with Crippen LogP contribution >= 0.6 is 23.2 Å². The van der Waals surface area contributed by atoms with E-state index in [2.05, 4.69) is 0 Å². The highest BCUT2D eigenvalue weighted by Gasteiger charge is 2.18. The predicted molar refractivity (Wildman–Crippen MR) is 96.3 cm³/mol. The highest BCUT2D eigenvalue weighted by atomic mass is 35.5. The quantitative estimate of drug-likeness (QED) is 0.646. The first-order chi connectivity index (χ1) is 11.9. The Kier molecular flexibility index (Phi) is 7.08. The highest BCUT2D eigenvalue weighted by molar-refractivity contribution is 6.36. The third kappa shape index (κ3) is 5.90. The van der Waals surface area contributed by atoms with E-state index in [-0.39, 0.29) is 13.0 Å². The summed E-state index contributed by atoms with van der Waals surface area (Å²) in [7, 11) is 0. The lowest BCUT2D eigenvalue weighted by atomic mass is 10.0. The molecule has 0 aliphatic carbocycles. The first-order valence-corrected chi connectivity index (χ1v) is 8.37. The number of ether oxygens (including phenoxy) is 1. The molecule has 2 rings (SSSR count). The van der Waals surface area contributed by atoms with Gasteiger partial charge in [0.15, 0.2) is 0 Å². The minimum absolute atomic E-state index is 0.113. The van der Waals surface area contributed by atoms with Crippen LogP contribution in [0.25, 0.3) is 11.1 Å². The van der Waals surface area contributed by atoms with Crippen LogP contribution in [-0.2, 0) is 4.79 Å². The second-order valence-corrected chi connectivity index (χ2v) is 6.43. The zero-order chi connectivity index (χ0) is 18.4. The average molecular weight is 385 g/mol. The Morgan fingerprint density at radius 3 is 2.40 bits per heavy atom. The van der Waals surface area contributed by atoms with Crippen LogP contribution in [0.3, 0.4) is 0 Å². The van der Waals surface area contributed by atoms with Crippen molar-refractivity contribution in [3.05, 3.63) is 52.5 Å². The van der Waals surface area contributed by atoms with Gasteiger partial charge in [0.2, 0.25) is 0 Å². The van der Waals surface area contributed by atoms with Crippen LogP contribution in [0.1, 0.15) is 12.8 Å². The molecule has 0 saturated heterocycles. The Balaban J connectivity index is 2.13. The Morgan fingerprint density at radius 1 is 1.08 bits per heavy atom. The molecule has 0 aliphatic heterocycles. The maximum Gasteiger partial charge on any atom is 0.305 e. The molecule has 0 fully saturated rings. The summed E-state index contributed by atoms with van der Waals surface area (Å²) in [5.74, 6) is -0.767. The van der Waals surface area contributed by atoms with Crippen molar-refractivity contribution < 1.29 is 24.9 Å². The van der Waals surface area contributed by atoms with E-state index in [0.29, 0.717) is 21.4 Å². The van der Waals surface area contributed by atoms with Crippen LogP contribution in [0.15, 0.2) is 42.5 Å². The summed E-state index contributed by atoms with van der Waals surface area (Å²) < 4.78 is 5.65. The second-order valence-electron chi connectivity index (χ2n) is 5.58. The molecule has 0 aromatic heterocycles. The normalized spacial score (nSPS) is 13.3. The molecular formula is C18H18Cl2O5. The maximum atomic E-state index is 10.5. The van der Waals surface area contributed by atoms with Gasteiger partial charge in [0.25, 0.3) is 0 Å². The van der Waals surface area contributed by atoms with Gasteiger partial charge in [-0.1, -0.05) is 53.5 Å². The average Bonchev–Trinajstić information content (AvgIpc) is 2.53. The molecule has 7 heteroatoms. The number of benzene rings is 2. The lowest BCUT2D eigenvalue weighted by molar-refractivity contribution is -0.139. The van der Waals surface area contributed by atoms with E-state index in [4.69, 9.17) is 33.0 Å². The molecule has 2 aromatic rings. The minimum atomic E-state index is -1.15. The summed E-state index contributed by atoms with van der Waals surface area (Å²) in [5, 5.41) is 28.9. The van der Waals surface area contributed by atoms with Crippen LogP contribution < -0.4 is 4.74 Å². The smallest absolute Gasteiger partial charge is 0.305 e. The molecule has 3 N–H and O–H groups in total. The number of halogens is 2. The third-order valence-corrected chi connectivity index (χ3v) is 3.97. The van der Waals surface area contributed by atoms with Gasteiger partial charge in [-0.25, -0.2) is 0 Å². The van der Waals surface area contributed by atoms with Gasteiger partial charge in [-0.05, 0) is 17.7 Å². The van der Waals surface area contributed by atoms with Crippen molar-refractivity contribution in [1.29, 1.82) is 0 Å². The topological polar surface area (TPSA) is 87.0 Å². The van der Waals surface area contributed by atoms with Crippen molar-refractivity contribution in [2.75, 3.05) is 6.61 Å². The first kappa shape index (κ1) is 19.5. The number of aliphatic hydroxyl groups excluding tert-OH is 2. The van der Waals surface area contributed by atoms with E-state index in [9.17, 15) is 15.0 Å². The molecule has 0 amide bonds. The van der Waals surface area contributed by atoms with Crippen LogP contribution in [0.4, 0.5) is 0 Å². The number of rotatable bonds is 8. The Morgan fingerprint density at radius 2 is 1.76 bits per heavy atom. The zero-order valence-electron chi connectivity index (χ0n) is 13.2. The molecule has 2 aromatic carbocycles. The van der Waals surface area contributed by atoms with E-state index in [1.807, 2.05) is 30.3 Å². The number of hydrogen-bond acceptors (Lipinski definition) is 4. The molecule has 0 unspecified atom stereocenters. The van der Waals surface area contributed by atoms with Crippen molar-refractivity contribution in [3.63, 3.8) is 0 Å². The molecule has 25 heavy (non-hydrogen) atoms. The summed E-state index contributed by atoms with van der Waals surface area (Å²) in [5.41, 5.74) is 1.53. The van der Waals surface area contributed by atoms with Gasteiger partial charge < -0.3 is 20.1 Å². The highest BCUT2D eigenvalue weighted by Crippen LogP contribution is 2.39. The summed E-state index contributed by atoms with van der Waals surface area (Å²) in [6, 6.07) is 12.6. The Bertz CT molecular complexity index is 721. The fourth-order valence-corrected chi connectivity index (χ4v) is 2.93. The third-order valence-electron chi connectivity index (χ3n) is 3.47. The first-order valence-electron chi connectivity index (χ1n) is 7.62. The van der Waals surface area contributed by atoms with Crippen molar-refractivity contribution in [1.82, 2.24) is 0 Å². The maximum absolute atomic E-state index is 10.5. The molecule has 0 heterocycles. The van der Waals surface area contributed by atoms with Crippen LogP contribution in [-0.4, -0.2) is 40.1 Å². The molecule has 0 aliphatic rings. The lowest BCUT2D eigenvalue weighted by Crippen LogP contribution is -2.25. The van der Waals surface area contributed by atoms with Crippen molar-refractivity contribution in [2.45, 2.75) is 25.0 Å². The molecule has 2 atom stereocenters. The lowest BCUT2D eigenvalue weighted by Gasteiger charge is -2.18. The fraction of sp³-hybridized carbons (Fsp3) is 0.278. The number of carboxylic acids is 1. The summed E-state index contributed by atoms with van der Waals surface area (Å²) in [6.07, 6.45) is -2.73. The second kappa shape index (κ2) is 9.06. The van der Waals surface area contributed by atoms with Gasteiger partial charge in [0.05, 0.1) is 23.7 Å². The van der Waals surface area contributed by atoms with E-state index in [1.54, 1.807) is 6.07 Å². The predicted octanol–water partition coefficient (Wildman–Crippen LogP) is 3.63. The van der Waals surface area contributed by atoms with Crippen molar-refractivity contribution in [2.24, 2.45) is 0 Å². The molecule has 0 radical (unpaired) electrons. The van der Waals surface area contributed by atoms with Gasteiger partial charge in [-0.2, -0.15) is 0 Å². The number of carboxylic acid groups (broad SMARTS) is 1. The number of carbonyl (C=O) groups is 1. The van der Waals surface area contributed by atoms with Crippen LogP contribution in [0.2, 0.25) is 10.0 Å². The molecule has 5 nitrogen and oxygen atoms in total. The van der Waals surface area contributed by atoms with Crippen molar-refractivity contribution in [3.8, 4) is 16.9 Å². The summed E-state index contributed by atoms with van der Waals surface area (Å²) in [6.45, 7) is -0.141. The molecular weight excluding hydrogens is 367 g/mol. The van der Waals surface area contributed by atoms with Gasteiger partial charge in [-0.15, -0.1) is 0 Å². The van der Waals surface area contributed by atoms with Gasteiger partial charge in [-0.3, -0.25) is 4.79 Å². The van der Waals surface area contributed by atoms with Crippen LogP contribution in [0, 0.1) is 0 Å². The van der Waals surface area contributed by atoms with E-state index in [1.165, 1.54) is 6.07 Å². The van der Waals surface area contributed by atoms with E-state index in [0.717, 1.165) is 5.56 Å². The molecule has 134 valence electrons. The largest absolute Gasteiger partial charge is 0.489 e. The van der Waals surface area contributed by atoms with Crippen molar-refractivity contribution >= 4 is 29.2 Å².